The molecule has 0 spiro atoms. The second-order valence-electron chi connectivity index (χ2n) is 35.2. The number of carbonyl (C=O) groups excluding carboxylic acids is 6. The van der Waals surface area contributed by atoms with Gasteiger partial charge in [-0.15, -0.1) is 52.7 Å². The molecule has 0 bridgehead atoms. The monoisotopic (exact) mass is 2140 g/mol. The number of nitrogens with one attached hydrogen (secondary N) is 3. The Labute approximate surface area is 826 Å². The third-order valence-corrected chi connectivity index (χ3v) is 29.4. The van der Waals surface area contributed by atoms with Crippen LogP contribution in [0.15, 0.2) is 165 Å². The summed E-state index contributed by atoms with van der Waals surface area (Å²) in [5, 5.41) is 25.7. The number of sulfonamides is 4. The van der Waals surface area contributed by atoms with E-state index in [0.717, 1.165) is 144 Å². The minimum Gasteiger partial charge on any atom is -0.494 e. The van der Waals surface area contributed by atoms with Crippen LogP contribution >= 0.6 is 0 Å². The molecule has 5 N–H and O–H groups in total. The van der Waals surface area contributed by atoms with Gasteiger partial charge >= 0.3 is 43.6 Å². The number of alkyl halides is 12. The van der Waals surface area contributed by atoms with Crippen LogP contribution in [-0.2, 0) is 91.1 Å². The number of rotatable bonds is 29. The van der Waals surface area contributed by atoms with Crippen molar-refractivity contribution in [2.24, 2.45) is 11.8 Å². The molecule has 4 atom stereocenters. The zero-order valence-corrected chi connectivity index (χ0v) is 83.7. The van der Waals surface area contributed by atoms with E-state index in [0.29, 0.717) is 77.2 Å². The molecule has 0 saturated carbocycles. The summed E-state index contributed by atoms with van der Waals surface area (Å²) in [7, 11) is -15.7. The van der Waals surface area contributed by atoms with Crippen LogP contribution in [0, 0.1) is 11.8 Å². The first kappa shape index (κ1) is 118. The highest BCUT2D eigenvalue weighted by Crippen LogP contribution is 2.36. The third-order valence-electron chi connectivity index (χ3n) is 21.8. The van der Waals surface area contributed by atoms with Crippen molar-refractivity contribution in [2.45, 2.75) is 182 Å². The topological polar surface area (TPSA) is 434 Å². The predicted molar refractivity (Wildman–Crippen MR) is 491 cm³/mol. The van der Waals surface area contributed by atoms with Crippen molar-refractivity contribution in [1.82, 2.24) is 52.9 Å². The smallest absolute Gasteiger partial charge is 0.494 e. The summed E-state index contributed by atoms with van der Waals surface area (Å²) in [4.78, 5) is 80.6. The number of hydrogen-bond acceptors (Lipinski definition) is 28. The molecule has 6 aliphatic rings. The van der Waals surface area contributed by atoms with Gasteiger partial charge in [0.15, 0.2) is 6.10 Å². The Kier molecular flexibility index (Phi) is 42.3. The molecule has 5 amide bonds. The SMILES string of the molecule is CC(C)(C)OC(=O)N1CCN(S(=O)(=O)c2ccc(OC(F)(F)F)cc2)CC1.CC(C)(C)OC(=O)N1CCNCC1.CCOc1ccc(CCC[C@@H](C(=O)N2CCN(S(=O)(=O)c3ccc(OC(F)(F)F)cc3)CC2)[C@@H]2OC(C)(C)OC2=O)cc1.CCOc1ccc(CCC[C@@H](C(=O)N2CCN(S(=O)(=O)c3ccc(OC(F)(F)F)cc3)CC2)[C@H](O)C(=O)NO)cc1.O=S(=O)(c1ccc(OC(F)(F)F)cc1)N1CCNCC1. The van der Waals surface area contributed by atoms with Gasteiger partial charge in [-0.25, -0.2) is 53.5 Å². The molecule has 37 nitrogen and oxygen atoms in total. The number of hydrogen-bond donors (Lipinski definition) is 5. The number of benzene rings is 6. The Morgan fingerprint density at radius 1 is 0.410 bits per heavy atom. The van der Waals surface area contributed by atoms with Gasteiger partial charge in [0.05, 0.1) is 44.6 Å². The Bertz CT molecular complexity index is 5630. The van der Waals surface area contributed by atoms with Gasteiger partial charge in [-0.2, -0.15) is 17.2 Å². The van der Waals surface area contributed by atoms with E-state index < -0.39 is 148 Å². The van der Waals surface area contributed by atoms with E-state index in [-0.39, 0.29) is 122 Å². The number of aryl methyl sites for hydroxylation is 2. The fraction of sp³-hybridized carbons (Fsp3) is 0.538. The number of carbonyl (C=O) groups is 6. The van der Waals surface area contributed by atoms with Crippen LogP contribution in [0.25, 0.3) is 0 Å². The van der Waals surface area contributed by atoms with E-state index in [1.54, 1.807) is 39.5 Å². The number of nitrogens with zero attached hydrogens (tertiary/aromatic N) is 8. The summed E-state index contributed by atoms with van der Waals surface area (Å²) in [6.45, 7) is 24.1. The standard InChI is InChI=1S/C29H35F3N2O8S.C26H32F3N3O8S.C16H21F3N2O5S.C11H13F3N2O3S.C9H18N2O2/c1-4-39-21-10-8-20(9-11-21)6-5-7-24(25-27(36)42-28(2,3)41-25)26(35)33-16-18-34(19-17-33)43(37,38)23-14-12-22(13-15-23)40-29(30,31)32;1-2-39-19-8-6-18(7-9-19)4-3-5-22(23(33)24(34)30-36)25(35)31-14-16-32(17-15-31)41(37,38)21-12-10-20(11-13-21)40-26(27,28)29;1-15(2,3)26-14(22)20-8-10-21(11-9-20)27(23,24)13-6-4-12(5-7-13)25-16(17,18)19;12-11(13,14)19-9-1-3-10(4-2-9)20(17,18)16-7-5-15-6-8-16;1-9(2,3)13-8(12)11-6-4-10-5-7-11/h8-15,24-25H,4-7,16-19H2,1-3H3;6-13,22-23,33,36H,2-5,14-17H2,1H3,(H,30,34);4-7H,8-11H2,1-3H3;1-4,15H,5-8H2;10H,4-7H2,1-3H3/t24-,25+;22-,23+;;;/m11.../s1. The average Bonchev–Trinajstić information content (AvgIpc) is 1.49. The number of halogens is 12. The molecule has 0 aliphatic carbocycles. The molecule has 0 radical (unpaired) electrons. The maximum Gasteiger partial charge on any atom is 0.573 e. The van der Waals surface area contributed by atoms with Crippen molar-refractivity contribution in [2.75, 3.05) is 144 Å². The molecule has 144 heavy (non-hydrogen) atoms. The van der Waals surface area contributed by atoms with Gasteiger partial charge in [0.2, 0.25) is 57.7 Å². The summed E-state index contributed by atoms with van der Waals surface area (Å²) in [6.07, 6.45) is -20.4. The predicted octanol–water partition coefficient (Wildman–Crippen LogP) is 11.3. The number of ether oxygens (including phenoxy) is 10. The quantitative estimate of drug-likeness (QED) is 0.00957. The first-order chi connectivity index (χ1) is 67.1. The second-order valence-corrected chi connectivity index (χ2v) is 43.0. The zero-order chi connectivity index (χ0) is 107. The van der Waals surface area contributed by atoms with Crippen molar-refractivity contribution >= 4 is 76.0 Å². The minimum atomic E-state index is -4.91. The van der Waals surface area contributed by atoms with E-state index in [9.17, 15) is 120 Å². The van der Waals surface area contributed by atoms with Crippen molar-refractivity contribution in [3.8, 4) is 34.5 Å². The van der Waals surface area contributed by atoms with Crippen LogP contribution in [0.3, 0.4) is 0 Å². The Morgan fingerprint density at radius 2 is 0.688 bits per heavy atom. The lowest BCUT2D eigenvalue weighted by molar-refractivity contribution is -0.275. The number of hydroxylamine groups is 1. The maximum atomic E-state index is 13.7. The van der Waals surface area contributed by atoms with Crippen LogP contribution in [0.1, 0.15) is 106 Å². The summed E-state index contributed by atoms with van der Waals surface area (Å²) in [6, 6.07) is 30.9. The molecule has 6 saturated heterocycles. The van der Waals surface area contributed by atoms with Crippen LogP contribution in [0.5, 0.6) is 34.5 Å². The molecule has 0 unspecified atom stereocenters. The van der Waals surface area contributed by atoms with Crippen LogP contribution in [0.4, 0.5) is 62.3 Å². The van der Waals surface area contributed by atoms with Gasteiger partial charge in [0.1, 0.15) is 51.8 Å². The first-order valence-electron chi connectivity index (χ1n) is 45.4. The van der Waals surface area contributed by atoms with Crippen LogP contribution in [0.2, 0.25) is 0 Å². The average molecular weight is 2140 g/mol. The number of amides is 5. The lowest BCUT2D eigenvalue weighted by Crippen LogP contribution is -2.54. The molecule has 6 fully saturated rings. The van der Waals surface area contributed by atoms with E-state index >= 15 is 0 Å². The minimum absolute atomic E-state index is 0.0325. The van der Waals surface area contributed by atoms with Crippen molar-refractivity contribution in [3.05, 3.63) is 157 Å². The van der Waals surface area contributed by atoms with Crippen molar-refractivity contribution in [3.63, 3.8) is 0 Å². The first-order valence-corrected chi connectivity index (χ1v) is 51.2. The van der Waals surface area contributed by atoms with E-state index in [1.807, 2.05) is 83.1 Å². The van der Waals surface area contributed by atoms with Gasteiger partial charge < -0.3 is 82.7 Å². The normalized spacial score (nSPS) is 17.9. The van der Waals surface area contributed by atoms with Crippen molar-refractivity contribution in [1.29, 1.82) is 0 Å². The highest BCUT2D eigenvalue weighted by atomic mass is 32.2. The number of esters is 1. The Hall–Kier alpha value is -10.9. The lowest BCUT2D eigenvalue weighted by Gasteiger charge is -2.36. The van der Waals surface area contributed by atoms with E-state index in [1.165, 1.54) is 33.1 Å². The molecule has 53 heteroatoms. The number of aliphatic hydroxyl groups is 1. The van der Waals surface area contributed by atoms with E-state index in [2.05, 4.69) is 29.6 Å². The maximum absolute atomic E-state index is 13.7. The largest absolute Gasteiger partial charge is 0.573 e. The molecule has 6 aromatic carbocycles. The van der Waals surface area contributed by atoms with Gasteiger partial charge in [-0.05, 0) is 226 Å². The Morgan fingerprint density at radius 3 is 0.972 bits per heavy atom. The van der Waals surface area contributed by atoms with Gasteiger partial charge in [-0.3, -0.25) is 19.6 Å². The fourth-order valence-corrected chi connectivity index (χ4v) is 20.7. The molecule has 6 heterocycles. The number of cyclic esters (lactones) is 1. The number of aliphatic hydroxyl groups excluding tert-OH is 1. The molecule has 802 valence electrons. The third kappa shape index (κ3) is 37.6. The summed E-state index contributed by atoms with van der Waals surface area (Å²) in [5.74, 6) is -6.43. The summed E-state index contributed by atoms with van der Waals surface area (Å²) in [5.41, 5.74) is 2.32. The van der Waals surface area contributed by atoms with Crippen molar-refractivity contribution < 1.29 is 173 Å². The molecule has 6 aromatic rings. The summed E-state index contributed by atoms with van der Waals surface area (Å²) < 4.78 is 301. The van der Waals surface area contributed by atoms with Gasteiger partial charge in [0.25, 0.3) is 5.91 Å². The highest BCUT2D eigenvalue weighted by Gasteiger charge is 2.50. The molecule has 6 aliphatic heterocycles. The Balaban J connectivity index is 0.000000232. The zero-order valence-electron chi connectivity index (χ0n) is 80.4. The molecular weight excluding hydrogens is 2020 g/mol. The van der Waals surface area contributed by atoms with Gasteiger partial charge in [0, 0.05) is 145 Å². The van der Waals surface area contributed by atoms with Gasteiger partial charge in [-0.1, -0.05) is 24.3 Å². The molecule has 12 rings (SSSR count). The van der Waals surface area contributed by atoms with Crippen LogP contribution < -0.4 is 44.5 Å². The molecular formula is C91H119F12N11O26S4. The fourth-order valence-electron chi connectivity index (χ4n) is 15.0. The van der Waals surface area contributed by atoms with E-state index in [4.69, 9.17) is 33.6 Å². The van der Waals surface area contributed by atoms with Crippen LogP contribution in [-0.4, -0.2) is 315 Å². The summed E-state index contributed by atoms with van der Waals surface area (Å²) >= 11 is 0. The number of piperazine rings is 5. The second kappa shape index (κ2) is 51.5. The highest BCUT2D eigenvalue weighted by molar-refractivity contribution is 7.90. The molecule has 0 aromatic heterocycles. The lowest BCUT2D eigenvalue weighted by atomic mass is 9.92.